The monoisotopic (exact) mass is 157 g/mol. The van der Waals surface area contributed by atoms with Crippen LogP contribution in [0.1, 0.15) is 0 Å². The van der Waals surface area contributed by atoms with Gasteiger partial charge in [-0.1, -0.05) is 0 Å². The summed E-state index contributed by atoms with van der Waals surface area (Å²) in [6.45, 7) is 0. The van der Waals surface area contributed by atoms with Gasteiger partial charge in [0.1, 0.15) is 0 Å². The Kier molecular flexibility index (Phi) is 1.63. The number of benzene rings is 1. The maximum Gasteiger partial charge on any atom is 0.182 e. The van der Waals surface area contributed by atoms with E-state index < -0.39 is 0 Å². The molecule has 0 amide bonds. The normalized spacial score (nSPS) is 9.70. The highest BCUT2D eigenvalue weighted by molar-refractivity contribution is 7.80. The van der Waals surface area contributed by atoms with E-state index in [1.165, 1.54) is 12.1 Å². The van der Waals surface area contributed by atoms with Gasteiger partial charge >= 0.3 is 0 Å². The van der Waals surface area contributed by atoms with Crippen molar-refractivity contribution >= 4 is 18.3 Å². The molecule has 0 atom stereocenters. The Morgan fingerprint density at radius 2 is 1.80 bits per heavy atom. The first kappa shape index (κ1) is 7.08. The average molecular weight is 157 g/mol. The lowest BCUT2D eigenvalue weighted by molar-refractivity contribution is 0.397. The van der Waals surface area contributed by atoms with E-state index in [4.69, 9.17) is 15.9 Å². The van der Waals surface area contributed by atoms with E-state index in [1.54, 1.807) is 0 Å². The van der Waals surface area contributed by atoms with Crippen LogP contribution in [-0.2, 0) is 0 Å². The number of aromatic hydroxyl groups is 2. The van der Waals surface area contributed by atoms with Gasteiger partial charge in [-0.3, -0.25) is 0 Å². The van der Waals surface area contributed by atoms with Gasteiger partial charge in [-0.2, -0.15) is 0 Å². The lowest BCUT2D eigenvalue weighted by atomic mass is 10.3. The van der Waals surface area contributed by atoms with Gasteiger partial charge in [-0.25, -0.2) is 0 Å². The summed E-state index contributed by atoms with van der Waals surface area (Å²) in [7, 11) is 0. The van der Waals surface area contributed by atoms with Crippen molar-refractivity contribution in [2.45, 2.75) is 4.90 Å². The maximum atomic E-state index is 8.98. The molecule has 0 aliphatic carbocycles. The zero-order valence-electron chi connectivity index (χ0n) is 5.07. The molecule has 0 unspecified atom stereocenters. The third-order valence-electron chi connectivity index (χ3n) is 1.16. The second kappa shape index (κ2) is 2.30. The lowest BCUT2D eigenvalue weighted by Crippen LogP contribution is -1.85. The van der Waals surface area contributed by atoms with Gasteiger partial charge in [-0.05, 0) is 12.1 Å². The van der Waals surface area contributed by atoms with Crippen molar-refractivity contribution in [2.75, 3.05) is 5.73 Å². The topological polar surface area (TPSA) is 66.5 Å². The summed E-state index contributed by atoms with van der Waals surface area (Å²) in [6, 6.07) is 2.98. The minimum absolute atomic E-state index is 0.148. The number of hydrogen-bond donors (Lipinski definition) is 4. The minimum Gasteiger partial charge on any atom is -0.503 e. The predicted octanol–water partition coefficient (Wildman–Crippen LogP) is 0.969. The number of anilines is 1. The zero-order chi connectivity index (χ0) is 7.72. The number of phenols is 2. The van der Waals surface area contributed by atoms with Gasteiger partial charge < -0.3 is 15.9 Å². The molecule has 3 nitrogen and oxygen atoms in total. The summed E-state index contributed by atoms with van der Waals surface area (Å²) < 4.78 is 0. The van der Waals surface area contributed by atoms with Crippen molar-refractivity contribution in [1.82, 2.24) is 0 Å². The second-order valence-corrected chi connectivity index (χ2v) is 2.35. The van der Waals surface area contributed by atoms with Crippen LogP contribution in [-0.4, -0.2) is 10.2 Å². The Balaban J connectivity index is 3.34. The number of nitrogens with two attached hydrogens (primary N) is 1. The van der Waals surface area contributed by atoms with Gasteiger partial charge in [-0.15, -0.1) is 12.6 Å². The molecule has 0 heterocycles. The van der Waals surface area contributed by atoms with Crippen molar-refractivity contribution in [1.29, 1.82) is 0 Å². The second-order valence-electron chi connectivity index (χ2n) is 1.87. The van der Waals surface area contributed by atoms with Crippen LogP contribution in [0, 0.1) is 0 Å². The first-order valence-corrected chi connectivity index (χ1v) is 3.07. The molecule has 4 N–H and O–H groups in total. The fourth-order valence-electron chi connectivity index (χ4n) is 0.585. The summed E-state index contributed by atoms with van der Waals surface area (Å²) in [4.78, 5) is 0.312. The third-order valence-corrected chi connectivity index (χ3v) is 1.52. The molecule has 1 aromatic carbocycles. The molecule has 54 valence electrons. The molecule has 4 heteroatoms. The van der Waals surface area contributed by atoms with Gasteiger partial charge in [0.25, 0.3) is 0 Å². The molecule has 0 fully saturated rings. The summed E-state index contributed by atoms with van der Waals surface area (Å²) in [5.41, 5.74) is 5.39. The molecule has 10 heavy (non-hydrogen) atoms. The third kappa shape index (κ3) is 0.974. The molecule has 0 aromatic heterocycles. The van der Waals surface area contributed by atoms with Crippen LogP contribution in [0.4, 0.5) is 5.69 Å². The number of rotatable bonds is 0. The first-order valence-electron chi connectivity index (χ1n) is 2.62. The van der Waals surface area contributed by atoms with Gasteiger partial charge in [0.15, 0.2) is 11.5 Å². The highest BCUT2D eigenvalue weighted by Gasteiger charge is 2.05. The average Bonchev–Trinajstić information content (AvgIpc) is 1.93. The molecular weight excluding hydrogens is 150 g/mol. The largest absolute Gasteiger partial charge is 0.503 e. The standard InChI is InChI=1S/C6H7NO2S/c7-3-1-2-4(10)6(9)5(3)8/h1-2,8-10H,7H2. The first-order chi connectivity index (χ1) is 4.63. The SMILES string of the molecule is Nc1ccc(S)c(O)c1O. The van der Waals surface area contributed by atoms with E-state index in [0.717, 1.165) is 0 Å². The summed E-state index contributed by atoms with van der Waals surface area (Å²) in [6.07, 6.45) is 0. The molecule has 1 rings (SSSR count). The molecule has 0 spiro atoms. The van der Waals surface area contributed by atoms with Gasteiger partial charge in [0.05, 0.1) is 10.6 Å². The Morgan fingerprint density at radius 1 is 1.20 bits per heavy atom. The maximum absolute atomic E-state index is 8.98. The highest BCUT2D eigenvalue weighted by Crippen LogP contribution is 2.35. The smallest absolute Gasteiger partial charge is 0.182 e. The minimum atomic E-state index is -0.312. The van der Waals surface area contributed by atoms with Crippen LogP contribution in [0.3, 0.4) is 0 Å². The van der Waals surface area contributed by atoms with Crippen molar-refractivity contribution < 1.29 is 10.2 Å². The predicted molar refractivity (Wildman–Crippen MR) is 41.4 cm³/mol. The number of phenolic OH excluding ortho intramolecular Hbond substituents is 2. The summed E-state index contributed by atoms with van der Waals surface area (Å²) >= 11 is 3.85. The molecular formula is C6H7NO2S. The van der Waals surface area contributed by atoms with Crippen LogP contribution in [0.25, 0.3) is 0 Å². The zero-order valence-corrected chi connectivity index (χ0v) is 5.97. The van der Waals surface area contributed by atoms with Crippen molar-refractivity contribution in [3.05, 3.63) is 12.1 Å². The van der Waals surface area contributed by atoms with Gasteiger partial charge in [0.2, 0.25) is 0 Å². The van der Waals surface area contributed by atoms with E-state index in [0.29, 0.717) is 4.90 Å². The molecule has 0 bridgehead atoms. The van der Waals surface area contributed by atoms with Crippen LogP contribution in [0.2, 0.25) is 0 Å². The fourth-order valence-corrected chi connectivity index (χ4v) is 0.765. The quantitative estimate of drug-likeness (QED) is 0.258. The number of thiol groups is 1. The highest BCUT2D eigenvalue weighted by atomic mass is 32.1. The van der Waals surface area contributed by atoms with E-state index in [2.05, 4.69) is 12.6 Å². The number of nitrogen functional groups attached to an aromatic ring is 1. The van der Waals surface area contributed by atoms with E-state index in [9.17, 15) is 0 Å². The van der Waals surface area contributed by atoms with E-state index >= 15 is 0 Å². The van der Waals surface area contributed by atoms with Crippen LogP contribution in [0.5, 0.6) is 11.5 Å². The van der Waals surface area contributed by atoms with Gasteiger partial charge in [0, 0.05) is 0 Å². The summed E-state index contributed by atoms with van der Waals surface area (Å²) in [5.74, 6) is -0.587. The Bertz CT molecular complexity index is 235. The molecule has 1 aromatic rings. The molecule has 0 saturated carbocycles. The lowest BCUT2D eigenvalue weighted by Gasteiger charge is -2.02. The molecule has 0 saturated heterocycles. The fraction of sp³-hybridized carbons (Fsp3) is 0. The Labute approximate surface area is 63.5 Å². The molecule has 0 aliphatic heterocycles. The Hall–Kier alpha value is -1.03. The van der Waals surface area contributed by atoms with Crippen molar-refractivity contribution in [3.63, 3.8) is 0 Å². The molecule has 0 aliphatic rings. The van der Waals surface area contributed by atoms with Crippen LogP contribution in [0.15, 0.2) is 17.0 Å². The van der Waals surface area contributed by atoms with Crippen molar-refractivity contribution in [2.24, 2.45) is 0 Å². The van der Waals surface area contributed by atoms with Crippen LogP contribution >= 0.6 is 12.6 Å². The summed E-state index contributed by atoms with van der Waals surface area (Å²) in [5, 5.41) is 17.9. The van der Waals surface area contributed by atoms with E-state index in [-0.39, 0.29) is 17.2 Å². The van der Waals surface area contributed by atoms with E-state index in [1.807, 2.05) is 0 Å². The number of hydrogen-bond acceptors (Lipinski definition) is 4. The Morgan fingerprint density at radius 3 is 2.30 bits per heavy atom. The van der Waals surface area contributed by atoms with Crippen molar-refractivity contribution in [3.8, 4) is 11.5 Å². The molecule has 0 radical (unpaired) electrons. The van der Waals surface area contributed by atoms with Crippen LogP contribution < -0.4 is 5.73 Å².